The zero-order valence-electron chi connectivity index (χ0n) is 12.4. The third kappa shape index (κ3) is 1.86. The highest BCUT2D eigenvalue weighted by Gasteiger charge is 2.52. The molecule has 6 nitrogen and oxygen atoms in total. The minimum absolute atomic E-state index is 0.0630. The number of piperidine rings is 3. The van der Waals surface area contributed by atoms with Crippen LogP contribution in [0.15, 0.2) is 41.5 Å². The minimum Gasteiger partial charge on any atom is -0.489 e. The van der Waals surface area contributed by atoms with Crippen molar-refractivity contribution in [2.75, 3.05) is 19.6 Å². The van der Waals surface area contributed by atoms with Gasteiger partial charge in [0.1, 0.15) is 6.10 Å². The van der Waals surface area contributed by atoms with Crippen molar-refractivity contribution < 1.29 is 9.57 Å². The van der Waals surface area contributed by atoms with Crippen molar-refractivity contribution in [3.05, 3.63) is 36.4 Å². The van der Waals surface area contributed by atoms with E-state index < -0.39 is 0 Å². The number of hydrazine groups is 1. The van der Waals surface area contributed by atoms with Crippen molar-refractivity contribution in [2.45, 2.75) is 31.0 Å². The molecular weight excluding hydrogens is 280 g/mol. The summed E-state index contributed by atoms with van der Waals surface area (Å²) in [5, 5.41) is 6.27. The number of fused-ring (bicyclic) bond motifs is 3. The van der Waals surface area contributed by atoms with Gasteiger partial charge in [0.2, 0.25) is 0 Å². The molecule has 3 saturated heterocycles. The second-order valence-corrected chi connectivity index (χ2v) is 6.77. The van der Waals surface area contributed by atoms with Crippen LogP contribution in [0.3, 0.4) is 0 Å². The largest absolute Gasteiger partial charge is 0.489 e. The van der Waals surface area contributed by atoms with E-state index in [0.29, 0.717) is 5.92 Å². The number of hydrogen-bond donors (Lipinski definition) is 1. The average molecular weight is 300 g/mol. The normalized spacial score (nSPS) is 41.1. The van der Waals surface area contributed by atoms with E-state index in [1.807, 2.05) is 29.6 Å². The van der Waals surface area contributed by atoms with Crippen LogP contribution in [0.2, 0.25) is 0 Å². The van der Waals surface area contributed by atoms with Gasteiger partial charge in [0.25, 0.3) is 0 Å². The topological polar surface area (TPSA) is 49.3 Å². The molecule has 6 aliphatic rings. The van der Waals surface area contributed by atoms with E-state index in [1.54, 1.807) is 6.26 Å². The minimum atomic E-state index is -0.0929. The molecule has 116 valence electrons. The van der Waals surface area contributed by atoms with Gasteiger partial charge < -0.3 is 9.57 Å². The van der Waals surface area contributed by atoms with E-state index in [-0.39, 0.29) is 11.7 Å². The molecule has 6 heteroatoms. The molecule has 6 aliphatic heterocycles. The average Bonchev–Trinajstić information content (AvgIpc) is 3.16. The molecule has 2 bridgehead atoms. The van der Waals surface area contributed by atoms with Crippen LogP contribution in [0.5, 0.6) is 0 Å². The summed E-state index contributed by atoms with van der Waals surface area (Å²) in [5.74, 6) is 1.56. The summed E-state index contributed by atoms with van der Waals surface area (Å²) in [4.78, 5) is 8.44. The summed E-state index contributed by atoms with van der Waals surface area (Å²) >= 11 is 0. The van der Waals surface area contributed by atoms with Gasteiger partial charge in [-0.1, -0.05) is 5.16 Å². The summed E-state index contributed by atoms with van der Waals surface area (Å²) in [6.07, 6.45) is 13.2. The summed E-state index contributed by atoms with van der Waals surface area (Å²) in [6, 6.07) is 0. The molecule has 1 spiro atoms. The van der Waals surface area contributed by atoms with Crippen LogP contribution in [0.25, 0.3) is 0 Å². The van der Waals surface area contributed by atoms with Crippen molar-refractivity contribution in [2.24, 2.45) is 11.1 Å². The Labute approximate surface area is 129 Å². The Morgan fingerprint density at radius 3 is 3.05 bits per heavy atom. The first kappa shape index (κ1) is 12.6. The highest BCUT2D eigenvalue weighted by Crippen LogP contribution is 2.43. The van der Waals surface area contributed by atoms with E-state index in [4.69, 9.17) is 9.57 Å². The van der Waals surface area contributed by atoms with Crippen molar-refractivity contribution in [1.82, 2.24) is 15.3 Å². The van der Waals surface area contributed by atoms with Crippen LogP contribution in [0, 0.1) is 5.92 Å². The SMILES string of the molecule is C1=CC2=CN(NC3=NOC4(C3)CN3CCC4CC3)C=CC2O1. The fraction of sp³-hybridized carbons (Fsp3) is 0.562. The molecule has 0 aromatic carbocycles. The van der Waals surface area contributed by atoms with Gasteiger partial charge in [0.05, 0.1) is 12.7 Å². The maximum atomic E-state index is 5.93. The second kappa shape index (κ2) is 4.52. The fourth-order valence-electron chi connectivity index (χ4n) is 4.22. The number of hydrogen-bond acceptors (Lipinski definition) is 6. The molecule has 0 radical (unpaired) electrons. The molecule has 2 atom stereocenters. The monoisotopic (exact) mass is 300 g/mol. The van der Waals surface area contributed by atoms with E-state index in [0.717, 1.165) is 24.4 Å². The van der Waals surface area contributed by atoms with Gasteiger partial charge in [0, 0.05) is 30.4 Å². The van der Waals surface area contributed by atoms with Crippen LogP contribution in [0.4, 0.5) is 0 Å². The van der Waals surface area contributed by atoms with Gasteiger partial charge in [-0.05, 0) is 38.1 Å². The van der Waals surface area contributed by atoms with Crippen LogP contribution in [-0.2, 0) is 9.57 Å². The third-order valence-electron chi connectivity index (χ3n) is 5.41. The number of amidine groups is 1. The predicted molar refractivity (Wildman–Crippen MR) is 81.2 cm³/mol. The molecule has 0 aliphatic carbocycles. The molecule has 1 N–H and O–H groups in total. The first-order valence-electron chi connectivity index (χ1n) is 8.05. The molecule has 2 unspecified atom stereocenters. The predicted octanol–water partition coefficient (Wildman–Crippen LogP) is 1.31. The summed E-state index contributed by atoms with van der Waals surface area (Å²) in [6.45, 7) is 3.45. The summed E-state index contributed by atoms with van der Waals surface area (Å²) < 4.78 is 5.45. The molecule has 3 fully saturated rings. The maximum Gasteiger partial charge on any atom is 0.164 e. The van der Waals surface area contributed by atoms with Gasteiger partial charge >= 0.3 is 0 Å². The smallest absolute Gasteiger partial charge is 0.164 e. The quantitative estimate of drug-likeness (QED) is 0.791. The highest BCUT2D eigenvalue weighted by molar-refractivity contribution is 5.83. The molecule has 22 heavy (non-hydrogen) atoms. The summed E-state index contributed by atoms with van der Waals surface area (Å²) in [7, 11) is 0. The number of nitrogens with one attached hydrogen (secondary N) is 1. The van der Waals surface area contributed by atoms with Crippen LogP contribution >= 0.6 is 0 Å². The molecule has 6 rings (SSSR count). The zero-order valence-corrected chi connectivity index (χ0v) is 12.4. The van der Waals surface area contributed by atoms with Crippen LogP contribution in [-0.4, -0.2) is 47.1 Å². The lowest BCUT2D eigenvalue weighted by atomic mass is 9.74. The Kier molecular flexibility index (Phi) is 2.59. The fourth-order valence-corrected chi connectivity index (χ4v) is 4.22. The van der Waals surface area contributed by atoms with E-state index in [2.05, 4.69) is 15.5 Å². The molecule has 0 aromatic heterocycles. The maximum absolute atomic E-state index is 5.93. The van der Waals surface area contributed by atoms with Gasteiger partial charge in [0.15, 0.2) is 11.4 Å². The van der Waals surface area contributed by atoms with Crippen molar-refractivity contribution in [1.29, 1.82) is 0 Å². The van der Waals surface area contributed by atoms with Crippen molar-refractivity contribution >= 4 is 5.84 Å². The first-order valence-corrected chi connectivity index (χ1v) is 8.05. The Morgan fingerprint density at radius 1 is 1.32 bits per heavy atom. The van der Waals surface area contributed by atoms with E-state index in [1.165, 1.54) is 25.9 Å². The Balaban J connectivity index is 1.27. The molecule has 0 aromatic rings. The van der Waals surface area contributed by atoms with Gasteiger partial charge in [-0.15, -0.1) is 0 Å². The number of ether oxygens (including phenoxy) is 1. The van der Waals surface area contributed by atoms with E-state index >= 15 is 0 Å². The van der Waals surface area contributed by atoms with Crippen molar-refractivity contribution in [3.63, 3.8) is 0 Å². The first-order chi connectivity index (χ1) is 10.8. The van der Waals surface area contributed by atoms with Crippen LogP contribution in [0.1, 0.15) is 19.3 Å². The van der Waals surface area contributed by atoms with Crippen LogP contribution < -0.4 is 5.43 Å². The highest BCUT2D eigenvalue weighted by atomic mass is 16.7. The molecule has 0 amide bonds. The molecule has 0 saturated carbocycles. The van der Waals surface area contributed by atoms with Crippen molar-refractivity contribution in [3.8, 4) is 0 Å². The zero-order chi connectivity index (χ0) is 14.6. The Morgan fingerprint density at radius 2 is 2.23 bits per heavy atom. The Hall–Kier alpha value is -1.95. The lowest BCUT2D eigenvalue weighted by Gasteiger charge is -2.49. The lowest BCUT2D eigenvalue weighted by molar-refractivity contribution is -0.136. The standard InChI is InChI=1S/C16H20N4O2/c1-5-19-6-2-13(1)16(11-19)9-15(18-22-16)17-20-7-3-14-12(10-20)4-8-21-14/h3-4,7-8,10,13-14H,1-2,5-6,9,11H2,(H,17,18). The van der Waals surface area contributed by atoms with Gasteiger partial charge in [-0.25, -0.2) is 0 Å². The second-order valence-electron chi connectivity index (χ2n) is 6.77. The number of nitrogens with zero attached hydrogens (tertiary/aromatic N) is 3. The summed E-state index contributed by atoms with van der Waals surface area (Å²) in [5.41, 5.74) is 4.40. The number of oxime groups is 1. The number of rotatable bonds is 1. The van der Waals surface area contributed by atoms with E-state index in [9.17, 15) is 0 Å². The molecular formula is C16H20N4O2. The van der Waals surface area contributed by atoms with Gasteiger partial charge in [-0.2, -0.15) is 0 Å². The third-order valence-corrected chi connectivity index (χ3v) is 5.41. The Bertz CT molecular complexity index is 603. The molecule has 6 heterocycles. The van der Waals surface area contributed by atoms with Gasteiger partial charge in [-0.3, -0.25) is 15.3 Å². The lowest BCUT2D eigenvalue weighted by Crippen LogP contribution is -2.59.